The van der Waals surface area contributed by atoms with Crippen LogP contribution >= 0.6 is 24.0 Å². The van der Waals surface area contributed by atoms with E-state index >= 15 is 0 Å². The molecule has 0 aliphatic rings. The highest BCUT2D eigenvalue weighted by Gasteiger charge is 2.09. The Bertz CT molecular complexity index is 459. The van der Waals surface area contributed by atoms with Crippen molar-refractivity contribution in [1.29, 1.82) is 0 Å². The number of halogens is 1. The van der Waals surface area contributed by atoms with Crippen molar-refractivity contribution in [2.45, 2.75) is 39.7 Å². The second-order valence-electron chi connectivity index (χ2n) is 5.18. The summed E-state index contributed by atoms with van der Waals surface area (Å²) in [4.78, 5) is 4.25. The molecule has 22 heavy (non-hydrogen) atoms. The summed E-state index contributed by atoms with van der Waals surface area (Å²) in [6.45, 7) is 6.63. The molecule has 1 heterocycles. The number of hydrogen-bond donors (Lipinski definition) is 2. The highest BCUT2D eigenvalue weighted by Crippen LogP contribution is 2.10. The first-order valence-electron chi connectivity index (χ1n) is 7.52. The Labute approximate surface area is 151 Å². The molecule has 6 nitrogen and oxygen atoms in total. The molecule has 7 heteroatoms. The van der Waals surface area contributed by atoms with Crippen LogP contribution in [0, 0.1) is 13.8 Å². The van der Waals surface area contributed by atoms with Gasteiger partial charge in [-0.25, -0.2) is 0 Å². The molecule has 0 bridgehead atoms. The van der Waals surface area contributed by atoms with Gasteiger partial charge in [0.2, 0.25) is 0 Å². The number of guanidine groups is 1. The van der Waals surface area contributed by atoms with E-state index in [0.717, 1.165) is 44.2 Å². The fourth-order valence-electron chi connectivity index (χ4n) is 2.22. The zero-order valence-corrected chi connectivity index (χ0v) is 16.7. The van der Waals surface area contributed by atoms with E-state index < -0.39 is 0 Å². The molecule has 128 valence electrons. The normalized spacial score (nSPS) is 11.2. The van der Waals surface area contributed by atoms with Gasteiger partial charge in [0.05, 0.1) is 5.69 Å². The summed E-state index contributed by atoms with van der Waals surface area (Å²) in [6.07, 6.45) is 3.39. The van der Waals surface area contributed by atoms with Gasteiger partial charge in [-0.2, -0.15) is 5.10 Å². The van der Waals surface area contributed by atoms with Crippen LogP contribution < -0.4 is 10.6 Å². The molecule has 0 aliphatic carbocycles. The highest BCUT2D eigenvalue weighted by molar-refractivity contribution is 14.0. The largest absolute Gasteiger partial charge is 0.385 e. The van der Waals surface area contributed by atoms with Crippen LogP contribution in [0.4, 0.5) is 0 Å². The quantitative estimate of drug-likeness (QED) is 0.291. The Morgan fingerprint density at radius 1 is 1.23 bits per heavy atom. The van der Waals surface area contributed by atoms with Crippen molar-refractivity contribution in [2.75, 3.05) is 27.3 Å². The standard InChI is InChI=1S/C15H29N5O.HI/c1-12-14(13(2)20(4)19-12)11-18-15(16-3)17-9-7-6-8-10-21-5;/h6-11H2,1-5H3,(H2,16,17,18);1H. The molecule has 0 atom stereocenters. The average molecular weight is 423 g/mol. The van der Waals surface area contributed by atoms with Gasteiger partial charge in [-0.3, -0.25) is 9.67 Å². The van der Waals surface area contributed by atoms with Crippen LogP contribution in [0.25, 0.3) is 0 Å². The maximum absolute atomic E-state index is 5.04. The Hall–Kier alpha value is -0.830. The van der Waals surface area contributed by atoms with E-state index in [0.29, 0.717) is 0 Å². The molecular formula is C15H30IN5O. The van der Waals surface area contributed by atoms with Crippen molar-refractivity contribution in [3.8, 4) is 0 Å². The van der Waals surface area contributed by atoms with Gasteiger partial charge in [0, 0.05) is 52.2 Å². The number of hydrogen-bond acceptors (Lipinski definition) is 3. The zero-order chi connectivity index (χ0) is 15.7. The lowest BCUT2D eigenvalue weighted by molar-refractivity contribution is 0.192. The third-order valence-electron chi connectivity index (χ3n) is 3.63. The van der Waals surface area contributed by atoms with Crippen molar-refractivity contribution in [3.05, 3.63) is 17.0 Å². The van der Waals surface area contributed by atoms with E-state index in [1.54, 1.807) is 14.2 Å². The van der Waals surface area contributed by atoms with Crippen LogP contribution in [0.1, 0.15) is 36.2 Å². The number of aryl methyl sites for hydroxylation is 2. The van der Waals surface area contributed by atoms with E-state index in [2.05, 4.69) is 27.6 Å². The van der Waals surface area contributed by atoms with Crippen LogP contribution in [0.3, 0.4) is 0 Å². The van der Waals surface area contributed by atoms with Gasteiger partial charge in [-0.15, -0.1) is 24.0 Å². The van der Waals surface area contributed by atoms with Crippen LogP contribution in [0.5, 0.6) is 0 Å². The molecule has 0 saturated heterocycles. The summed E-state index contributed by atoms with van der Waals surface area (Å²) in [5.41, 5.74) is 3.49. The topological polar surface area (TPSA) is 63.5 Å². The highest BCUT2D eigenvalue weighted by atomic mass is 127. The first-order chi connectivity index (χ1) is 10.1. The van der Waals surface area contributed by atoms with E-state index in [1.807, 2.05) is 18.7 Å². The number of methoxy groups -OCH3 is 1. The molecule has 0 aliphatic heterocycles. The number of aliphatic imine (C=N–C) groups is 1. The molecule has 0 saturated carbocycles. The molecule has 0 fully saturated rings. The second kappa shape index (κ2) is 11.7. The van der Waals surface area contributed by atoms with E-state index in [9.17, 15) is 0 Å². The Kier molecular flexibility index (Phi) is 11.3. The number of unbranched alkanes of at least 4 members (excludes halogenated alkanes) is 2. The molecular weight excluding hydrogens is 393 g/mol. The molecule has 2 N–H and O–H groups in total. The molecule has 0 spiro atoms. The van der Waals surface area contributed by atoms with Gasteiger partial charge in [-0.05, 0) is 33.1 Å². The predicted octanol–water partition coefficient (Wildman–Crippen LogP) is 2.14. The zero-order valence-electron chi connectivity index (χ0n) is 14.4. The van der Waals surface area contributed by atoms with Crippen molar-refractivity contribution in [3.63, 3.8) is 0 Å². The number of rotatable bonds is 8. The Morgan fingerprint density at radius 2 is 1.95 bits per heavy atom. The predicted molar refractivity (Wildman–Crippen MR) is 102 cm³/mol. The van der Waals surface area contributed by atoms with E-state index in [1.165, 1.54) is 17.7 Å². The number of aromatic nitrogens is 2. The van der Waals surface area contributed by atoms with Crippen LogP contribution in [0.15, 0.2) is 4.99 Å². The summed E-state index contributed by atoms with van der Waals surface area (Å²) in [6, 6.07) is 0. The Balaban J connectivity index is 0.00000441. The summed E-state index contributed by atoms with van der Waals surface area (Å²) >= 11 is 0. The summed E-state index contributed by atoms with van der Waals surface area (Å²) in [7, 11) is 5.51. The van der Waals surface area contributed by atoms with Crippen LogP contribution in [-0.2, 0) is 18.3 Å². The van der Waals surface area contributed by atoms with Crippen molar-refractivity contribution in [1.82, 2.24) is 20.4 Å². The van der Waals surface area contributed by atoms with Gasteiger partial charge >= 0.3 is 0 Å². The molecule has 0 amide bonds. The lowest BCUT2D eigenvalue weighted by Crippen LogP contribution is -2.37. The summed E-state index contributed by atoms with van der Waals surface area (Å²) < 4.78 is 6.95. The fourth-order valence-corrected chi connectivity index (χ4v) is 2.22. The fraction of sp³-hybridized carbons (Fsp3) is 0.733. The molecule has 1 aromatic heterocycles. The molecule has 1 rings (SSSR count). The minimum Gasteiger partial charge on any atom is -0.385 e. The first kappa shape index (κ1) is 21.2. The van der Waals surface area contributed by atoms with Crippen molar-refractivity contribution in [2.24, 2.45) is 12.0 Å². The lowest BCUT2D eigenvalue weighted by atomic mass is 10.2. The van der Waals surface area contributed by atoms with Gasteiger partial charge in [0.15, 0.2) is 5.96 Å². The number of nitrogens with zero attached hydrogens (tertiary/aromatic N) is 3. The number of nitrogens with one attached hydrogen (secondary N) is 2. The Morgan fingerprint density at radius 3 is 2.50 bits per heavy atom. The first-order valence-corrected chi connectivity index (χ1v) is 7.52. The van der Waals surface area contributed by atoms with Crippen LogP contribution in [0.2, 0.25) is 0 Å². The van der Waals surface area contributed by atoms with Crippen molar-refractivity contribution >= 4 is 29.9 Å². The molecule has 0 aromatic carbocycles. The summed E-state index contributed by atoms with van der Waals surface area (Å²) in [5.74, 6) is 0.837. The van der Waals surface area contributed by atoms with Gasteiger partial charge < -0.3 is 15.4 Å². The van der Waals surface area contributed by atoms with Crippen molar-refractivity contribution < 1.29 is 4.74 Å². The smallest absolute Gasteiger partial charge is 0.191 e. The molecule has 1 aromatic rings. The van der Waals surface area contributed by atoms with Gasteiger partial charge in [0.25, 0.3) is 0 Å². The minimum absolute atomic E-state index is 0. The molecule has 0 radical (unpaired) electrons. The average Bonchev–Trinajstić information content (AvgIpc) is 2.71. The third kappa shape index (κ3) is 6.95. The van der Waals surface area contributed by atoms with E-state index in [4.69, 9.17) is 4.74 Å². The minimum atomic E-state index is 0. The molecule has 0 unspecified atom stereocenters. The number of ether oxygens (including phenoxy) is 1. The summed E-state index contributed by atoms with van der Waals surface area (Å²) in [5, 5.41) is 11.1. The van der Waals surface area contributed by atoms with Crippen LogP contribution in [-0.4, -0.2) is 43.0 Å². The second-order valence-corrected chi connectivity index (χ2v) is 5.18. The monoisotopic (exact) mass is 423 g/mol. The maximum atomic E-state index is 5.04. The third-order valence-corrected chi connectivity index (χ3v) is 3.63. The van der Waals surface area contributed by atoms with E-state index in [-0.39, 0.29) is 24.0 Å². The van der Waals surface area contributed by atoms with Gasteiger partial charge in [-0.1, -0.05) is 0 Å². The maximum Gasteiger partial charge on any atom is 0.191 e. The lowest BCUT2D eigenvalue weighted by Gasteiger charge is -2.12. The van der Waals surface area contributed by atoms with Gasteiger partial charge in [0.1, 0.15) is 0 Å². The SMILES string of the molecule is CN=C(NCCCCCOC)NCc1c(C)nn(C)c1C.I.